The van der Waals surface area contributed by atoms with Crippen LogP contribution in [0.5, 0.6) is 0 Å². The molecule has 1 N–H and O–H groups in total. The van der Waals surface area contributed by atoms with Crippen molar-refractivity contribution in [3.63, 3.8) is 0 Å². The molecule has 0 spiro atoms. The van der Waals surface area contributed by atoms with Crippen LogP contribution in [0, 0.1) is 11.6 Å². The highest BCUT2D eigenvalue weighted by molar-refractivity contribution is 8.13. The Balaban J connectivity index is 3.44. The van der Waals surface area contributed by atoms with E-state index in [2.05, 4.69) is 5.32 Å². The number of halogens is 3. The molecule has 0 heterocycles. The summed E-state index contributed by atoms with van der Waals surface area (Å²) in [6.07, 6.45) is 0. The van der Waals surface area contributed by atoms with E-state index in [4.69, 9.17) is 10.7 Å². The maximum atomic E-state index is 13.6. The molecule has 94 valence electrons. The Morgan fingerprint density at radius 1 is 1.41 bits per heavy atom. The summed E-state index contributed by atoms with van der Waals surface area (Å²) in [5, 5.41) is 2.23. The van der Waals surface area contributed by atoms with Crippen LogP contribution in [-0.2, 0) is 9.05 Å². The molecular weight excluding hydrogens is 276 g/mol. The first-order valence-corrected chi connectivity index (χ1v) is 6.80. The van der Waals surface area contributed by atoms with Crippen LogP contribution in [0.1, 0.15) is 17.3 Å². The van der Waals surface area contributed by atoms with Gasteiger partial charge < -0.3 is 5.32 Å². The molecular formula is C9H8ClF2NO3S. The van der Waals surface area contributed by atoms with E-state index >= 15 is 0 Å². The third-order valence-electron chi connectivity index (χ3n) is 1.85. The minimum absolute atomic E-state index is 0.192. The van der Waals surface area contributed by atoms with Crippen LogP contribution in [-0.4, -0.2) is 20.9 Å². The van der Waals surface area contributed by atoms with Crippen LogP contribution >= 0.6 is 10.7 Å². The lowest BCUT2D eigenvalue weighted by atomic mass is 10.2. The highest BCUT2D eigenvalue weighted by atomic mass is 35.7. The highest BCUT2D eigenvalue weighted by Crippen LogP contribution is 2.23. The van der Waals surface area contributed by atoms with Crippen LogP contribution in [0.3, 0.4) is 0 Å². The second-order valence-electron chi connectivity index (χ2n) is 3.06. The van der Waals surface area contributed by atoms with E-state index in [9.17, 15) is 22.0 Å². The molecule has 0 bridgehead atoms. The van der Waals surface area contributed by atoms with Crippen molar-refractivity contribution in [1.29, 1.82) is 0 Å². The molecule has 0 atom stereocenters. The summed E-state index contributed by atoms with van der Waals surface area (Å²) in [7, 11) is 0.474. The summed E-state index contributed by atoms with van der Waals surface area (Å²) < 4.78 is 48.6. The molecule has 4 nitrogen and oxygen atoms in total. The molecule has 0 radical (unpaired) electrons. The molecule has 1 rings (SSSR count). The van der Waals surface area contributed by atoms with Gasteiger partial charge in [0.25, 0.3) is 15.0 Å². The minimum Gasteiger partial charge on any atom is -0.352 e. The summed E-state index contributed by atoms with van der Waals surface area (Å²) in [4.78, 5) is 10.3. The molecule has 0 fully saturated rings. The van der Waals surface area contributed by atoms with Crippen molar-refractivity contribution < 1.29 is 22.0 Å². The number of hydrogen-bond acceptors (Lipinski definition) is 3. The van der Waals surface area contributed by atoms with Crippen LogP contribution in [0.2, 0.25) is 0 Å². The summed E-state index contributed by atoms with van der Waals surface area (Å²) in [6.45, 7) is 1.77. The van der Waals surface area contributed by atoms with Gasteiger partial charge in [0.1, 0.15) is 10.7 Å². The topological polar surface area (TPSA) is 63.2 Å². The van der Waals surface area contributed by atoms with Gasteiger partial charge in [0.15, 0.2) is 5.82 Å². The number of carbonyl (C=O) groups excluding carboxylic acids is 1. The van der Waals surface area contributed by atoms with Gasteiger partial charge in [-0.1, -0.05) is 0 Å². The first kappa shape index (κ1) is 13.9. The summed E-state index contributed by atoms with van der Waals surface area (Å²) in [5.74, 6) is -3.34. The van der Waals surface area contributed by atoms with Gasteiger partial charge in [-0.25, -0.2) is 17.2 Å². The van der Waals surface area contributed by atoms with Crippen molar-refractivity contribution in [2.45, 2.75) is 11.8 Å². The second-order valence-corrected chi connectivity index (χ2v) is 5.60. The number of carbonyl (C=O) groups is 1. The molecule has 17 heavy (non-hydrogen) atoms. The minimum atomic E-state index is -4.45. The molecule has 1 amide bonds. The fourth-order valence-electron chi connectivity index (χ4n) is 1.16. The van der Waals surface area contributed by atoms with Crippen molar-refractivity contribution >= 4 is 25.6 Å². The zero-order chi connectivity index (χ0) is 13.2. The first-order chi connectivity index (χ1) is 7.77. The lowest BCUT2D eigenvalue weighted by molar-refractivity contribution is 0.0950. The van der Waals surface area contributed by atoms with E-state index in [1.807, 2.05) is 0 Å². The molecule has 1 aromatic rings. The Morgan fingerprint density at radius 2 is 2.00 bits per heavy atom. The average molecular weight is 284 g/mol. The van der Waals surface area contributed by atoms with Crippen molar-refractivity contribution in [1.82, 2.24) is 5.32 Å². The zero-order valence-corrected chi connectivity index (χ0v) is 10.2. The predicted octanol–water partition coefficient (Wildman–Crippen LogP) is 1.64. The van der Waals surface area contributed by atoms with Gasteiger partial charge in [-0.2, -0.15) is 0 Å². The smallest absolute Gasteiger partial charge is 0.264 e. The summed E-state index contributed by atoms with van der Waals surface area (Å²) in [6, 6.07) is 1.02. The highest BCUT2D eigenvalue weighted by Gasteiger charge is 2.23. The SMILES string of the molecule is CCNC(=O)c1cc(F)cc(S(=O)(=O)Cl)c1F. The number of amides is 1. The van der Waals surface area contributed by atoms with Gasteiger partial charge in [-0.05, 0) is 19.1 Å². The predicted molar refractivity (Wildman–Crippen MR) is 57.4 cm³/mol. The van der Waals surface area contributed by atoms with E-state index in [-0.39, 0.29) is 6.54 Å². The lowest BCUT2D eigenvalue weighted by Gasteiger charge is -2.06. The van der Waals surface area contributed by atoms with E-state index in [0.29, 0.717) is 12.1 Å². The average Bonchev–Trinajstić information content (AvgIpc) is 2.19. The van der Waals surface area contributed by atoms with E-state index in [1.54, 1.807) is 6.92 Å². The Bertz CT molecular complexity index is 560. The van der Waals surface area contributed by atoms with Gasteiger partial charge in [0.05, 0.1) is 5.56 Å². The first-order valence-electron chi connectivity index (χ1n) is 4.49. The van der Waals surface area contributed by atoms with Gasteiger partial charge in [0.2, 0.25) is 0 Å². The molecule has 0 aliphatic heterocycles. The van der Waals surface area contributed by atoms with E-state index < -0.39 is 37.1 Å². The standard InChI is InChI=1S/C9H8ClF2NO3S/c1-2-13-9(14)6-3-5(11)4-7(8(6)12)17(10,15)16/h3-4H,2H2,1H3,(H,13,14). The Kier molecular flexibility index (Phi) is 4.05. The molecule has 0 aliphatic rings. The Hall–Kier alpha value is -1.21. The van der Waals surface area contributed by atoms with Crippen LogP contribution in [0.4, 0.5) is 8.78 Å². The van der Waals surface area contributed by atoms with E-state index in [1.165, 1.54) is 0 Å². The molecule has 0 unspecified atom stereocenters. The largest absolute Gasteiger partial charge is 0.352 e. The number of benzene rings is 1. The number of hydrogen-bond donors (Lipinski definition) is 1. The lowest BCUT2D eigenvalue weighted by Crippen LogP contribution is -2.24. The zero-order valence-electron chi connectivity index (χ0n) is 8.63. The van der Waals surface area contributed by atoms with Gasteiger partial charge in [0, 0.05) is 17.2 Å². The van der Waals surface area contributed by atoms with Crippen molar-refractivity contribution in [3.05, 3.63) is 29.3 Å². The second kappa shape index (κ2) is 4.97. The van der Waals surface area contributed by atoms with Crippen LogP contribution in [0.25, 0.3) is 0 Å². The molecule has 0 aromatic heterocycles. The maximum absolute atomic E-state index is 13.6. The van der Waals surface area contributed by atoms with E-state index in [0.717, 1.165) is 0 Å². The quantitative estimate of drug-likeness (QED) is 0.858. The number of rotatable bonds is 3. The van der Waals surface area contributed by atoms with Crippen molar-refractivity contribution in [3.8, 4) is 0 Å². The molecule has 8 heteroatoms. The summed E-state index contributed by atoms with van der Waals surface area (Å²) in [5.41, 5.74) is -0.703. The molecule has 1 aromatic carbocycles. The summed E-state index contributed by atoms with van der Waals surface area (Å²) >= 11 is 0. The normalized spacial score (nSPS) is 11.3. The molecule has 0 aliphatic carbocycles. The fourth-order valence-corrected chi connectivity index (χ4v) is 2.08. The molecule has 0 saturated carbocycles. The number of nitrogens with one attached hydrogen (secondary N) is 1. The fraction of sp³-hybridized carbons (Fsp3) is 0.222. The third-order valence-corrected chi connectivity index (χ3v) is 3.17. The van der Waals surface area contributed by atoms with Gasteiger partial charge in [-0.3, -0.25) is 4.79 Å². The monoisotopic (exact) mass is 283 g/mol. The van der Waals surface area contributed by atoms with Crippen LogP contribution < -0.4 is 5.32 Å². The van der Waals surface area contributed by atoms with Crippen molar-refractivity contribution in [2.75, 3.05) is 6.54 Å². The molecule has 0 saturated heterocycles. The van der Waals surface area contributed by atoms with Crippen molar-refractivity contribution in [2.24, 2.45) is 0 Å². The maximum Gasteiger partial charge on any atom is 0.264 e. The third kappa shape index (κ3) is 3.13. The Labute approximate surface area is 101 Å². The van der Waals surface area contributed by atoms with Gasteiger partial charge in [-0.15, -0.1) is 0 Å². The van der Waals surface area contributed by atoms with Crippen LogP contribution in [0.15, 0.2) is 17.0 Å². The van der Waals surface area contributed by atoms with Gasteiger partial charge >= 0.3 is 0 Å². The Morgan fingerprint density at radius 3 is 2.47 bits per heavy atom.